The molecule has 7 heteroatoms. The molecule has 3 aromatic rings. The minimum Gasteiger partial charge on any atom is -0.489 e. The summed E-state index contributed by atoms with van der Waals surface area (Å²) in [5, 5.41) is 0.567. The van der Waals surface area contributed by atoms with Crippen LogP contribution in [0, 0.1) is 5.82 Å². The summed E-state index contributed by atoms with van der Waals surface area (Å²) in [4.78, 5) is 12.6. The molecular formula is C24H16ClFO5. The number of Topliss-reactive ketones (excluding diaryl/α,β-unsaturated/α-hetero) is 1. The van der Waals surface area contributed by atoms with E-state index < -0.39 is 5.82 Å². The maximum absolute atomic E-state index is 13.9. The van der Waals surface area contributed by atoms with Gasteiger partial charge in [-0.15, -0.1) is 0 Å². The molecule has 31 heavy (non-hydrogen) atoms. The second-order valence-corrected chi connectivity index (χ2v) is 7.51. The van der Waals surface area contributed by atoms with Gasteiger partial charge in [-0.1, -0.05) is 29.8 Å². The number of hydrogen-bond donors (Lipinski definition) is 0. The quantitative estimate of drug-likeness (QED) is 0.500. The number of fused-ring (bicyclic) bond motifs is 2. The molecule has 5 rings (SSSR count). The van der Waals surface area contributed by atoms with E-state index >= 15 is 0 Å². The van der Waals surface area contributed by atoms with E-state index in [0.717, 1.165) is 11.1 Å². The fraction of sp³-hybridized carbons (Fsp3) is 0.125. The second kappa shape index (κ2) is 8.06. The lowest BCUT2D eigenvalue weighted by molar-refractivity contribution is -0.0175. The summed E-state index contributed by atoms with van der Waals surface area (Å²) < 4.78 is 36.4. The fourth-order valence-electron chi connectivity index (χ4n) is 3.52. The van der Waals surface area contributed by atoms with Crippen LogP contribution in [0.2, 0.25) is 5.02 Å². The van der Waals surface area contributed by atoms with Crippen LogP contribution in [0.25, 0.3) is 6.08 Å². The van der Waals surface area contributed by atoms with Crippen LogP contribution in [0.3, 0.4) is 0 Å². The van der Waals surface area contributed by atoms with E-state index in [-0.39, 0.29) is 30.5 Å². The lowest BCUT2D eigenvalue weighted by Gasteiger charge is -2.21. The van der Waals surface area contributed by atoms with Crippen molar-refractivity contribution in [2.45, 2.75) is 13.2 Å². The van der Waals surface area contributed by atoms with Gasteiger partial charge in [-0.25, -0.2) is 4.39 Å². The van der Waals surface area contributed by atoms with Gasteiger partial charge in [0.2, 0.25) is 5.78 Å². The normalized spacial score (nSPS) is 15.8. The van der Waals surface area contributed by atoms with Gasteiger partial charge in [0.05, 0.1) is 12.2 Å². The lowest BCUT2D eigenvalue weighted by Crippen LogP contribution is -2.14. The smallest absolute Gasteiger partial charge is 0.231 e. The molecule has 2 aliphatic heterocycles. The molecule has 0 saturated heterocycles. The van der Waals surface area contributed by atoms with Crippen molar-refractivity contribution in [1.82, 2.24) is 0 Å². The first kappa shape index (κ1) is 19.6. The van der Waals surface area contributed by atoms with Crippen molar-refractivity contribution in [3.8, 4) is 17.2 Å². The topological polar surface area (TPSA) is 54.0 Å². The third kappa shape index (κ3) is 3.87. The number of hydrogen-bond acceptors (Lipinski definition) is 5. The van der Waals surface area contributed by atoms with Crippen molar-refractivity contribution >= 4 is 23.5 Å². The van der Waals surface area contributed by atoms with Crippen molar-refractivity contribution in [3.63, 3.8) is 0 Å². The van der Waals surface area contributed by atoms with Crippen molar-refractivity contribution in [1.29, 1.82) is 0 Å². The largest absolute Gasteiger partial charge is 0.489 e. The van der Waals surface area contributed by atoms with Crippen LogP contribution in [0.4, 0.5) is 4.39 Å². The molecule has 5 nitrogen and oxygen atoms in total. The maximum Gasteiger partial charge on any atom is 0.231 e. The van der Waals surface area contributed by atoms with E-state index in [4.69, 9.17) is 30.5 Å². The molecule has 0 fully saturated rings. The summed E-state index contributed by atoms with van der Waals surface area (Å²) in [5.74, 6) is 0.918. The number of ether oxygens (including phenoxy) is 4. The van der Waals surface area contributed by atoms with Crippen molar-refractivity contribution in [2.24, 2.45) is 0 Å². The predicted octanol–water partition coefficient (Wildman–Crippen LogP) is 5.54. The predicted molar refractivity (Wildman–Crippen MR) is 112 cm³/mol. The van der Waals surface area contributed by atoms with Crippen molar-refractivity contribution < 1.29 is 28.1 Å². The van der Waals surface area contributed by atoms with Gasteiger partial charge in [-0.2, -0.15) is 0 Å². The minimum atomic E-state index is -0.427. The number of ketones is 1. The highest BCUT2D eigenvalue weighted by Crippen LogP contribution is 2.36. The van der Waals surface area contributed by atoms with Crippen LogP contribution in [0.5, 0.6) is 17.2 Å². The molecule has 2 heterocycles. The van der Waals surface area contributed by atoms with Crippen LogP contribution in [-0.2, 0) is 18.0 Å². The Balaban J connectivity index is 1.36. The summed E-state index contributed by atoms with van der Waals surface area (Å²) >= 11 is 6.19. The molecule has 0 atom stereocenters. The molecule has 0 N–H and O–H groups in total. The van der Waals surface area contributed by atoms with E-state index in [0.29, 0.717) is 34.4 Å². The number of halogens is 2. The molecular weight excluding hydrogens is 423 g/mol. The fourth-order valence-corrected chi connectivity index (χ4v) is 3.78. The summed E-state index contributed by atoms with van der Waals surface area (Å²) in [7, 11) is 0. The number of benzene rings is 3. The molecule has 3 aromatic carbocycles. The van der Waals surface area contributed by atoms with Crippen molar-refractivity contribution in [3.05, 3.63) is 93.5 Å². The Morgan fingerprint density at radius 1 is 1.13 bits per heavy atom. The van der Waals surface area contributed by atoms with Gasteiger partial charge in [0.15, 0.2) is 12.6 Å². The van der Waals surface area contributed by atoms with E-state index in [1.165, 1.54) is 12.1 Å². The molecule has 156 valence electrons. The highest BCUT2D eigenvalue weighted by atomic mass is 35.5. The van der Waals surface area contributed by atoms with Gasteiger partial charge in [-0.3, -0.25) is 4.79 Å². The van der Waals surface area contributed by atoms with Crippen LogP contribution in [0.15, 0.2) is 60.4 Å². The van der Waals surface area contributed by atoms with Crippen LogP contribution in [0.1, 0.15) is 27.0 Å². The van der Waals surface area contributed by atoms with E-state index in [1.54, 1.807) is 48.5 Å². The number of carbonyl (C=O) groups is 1. The van der Waals surface area contributed by atoms with Crippen LogP contribution in [-0.4, -0.2) is 12.6 Å². The Bertz CT molecular complexity index is 1220. The van der Waals surface area contributed by atoms with Gasteiger partial charge in [0.1, 0.15) is 29.7 Å². The monoisotopic (exact) mass is 438 g/mol. The molecule has 0 aromatic heterocycles. The van der Waals surface area contributed by atoms with Gasteiger partial charge < -0.3 is 18.9 Å². The zero-order valence-corrected chi connectivity index (χ0v) is 16.9. The average molecular weight is 439 g/mol. The first-order chi connectivity index (χ1) is 15.1. The third-order valence-corrected chi connectivity index (χ3v) is 5.20. The van der Waals surface area contributed by atoms with Crippen LogP contribution >= 0.6 is 11.6 Å². The zero-order valence-electron chi connectivity index (χ0n) is 16.2. The van der Waals surface area contributed by atoms with Crippen LogP contribution < -0.4 is 14.2 Å². The summed E-state index contributed by atoms with van der Waals surface area (Å²) in [5.41, 5.74) is 2.34. The molecule has 0 radical (unpaired) electrons. The molecule has 0 saturated carbocycles. The highest BCUT2D eigenvalue weighted by Gasteiger charge is 2.28. The first-order valence-corrected chi connectivity index (χ1v) is 9.94. The molecule has 0 bridgehead atoms. The van der Waals surface area contributed by atoms with E-state index in [9.17, 15) is 9.18 Å². The minimum absolute atomic E-state index is 0.0644. The maximum atomic E-state index is 13.9. The molecule has 0 amide bonds. The Kier molecular flexibility index (Phi) is 5.10. The summed E-state index contributed by atoms with van der Waals surface area (Å²) in [6.07, 6.45) is 1.40. The van der Waals surface area contributed by atoms with Crippen molar-refractivity contribution in [2.75, 3.05) is 6.79 Å². The van der Waals surface area contributed by atoms with E-state index in [2.05, 4.69) is 0 Å². The standard InChI is InChI=1S/C24H16ClFO5/c25-17-7-15-11-28-13-30-24(15)16(8-17)12-29-18-5-6-19-21(10-18)31-22(23(19)27)9-14-3-1-2-4-20(14)26/h1-10H,11-13H2/b22-9-. The Hall–Kier alpha value is -3.35. The molecule has 0 aliphatic carbocycles. The summed E-state index contributed by atoms with van der Waals surface area (Å²) in [6, 6.07) is 14.7. The number of carbonyl (C=O) groups excluding carboxylic acids is 1. The van der Waals surface area contributed by atoms with Gasteiger partial charge >= 0.3 is 0 Å². The van der Waals surface area contributed by atoms with Gasteiger partial charge in [0.25, 0.3) is 0 Å². The number of allylic oxidation sites excluding steroid dienone is 1. The lowest BCUT2D eigenvalue weighted by atomic mass is 10.1. The zero-order chi connectivity index (χ0) is 21.4. The summed E-state index contributed by atoms with van der Waals surface area (Å²) in [6.45, 7) is 0.815. The van der Waals surface area contributed by atoms with E-state index in [1.807, 2.05) is 0 Å². The third-order valence-electron chi connectivity index (χ3n) is 4.98. The van der Waals surface area contributed by atoms with Gasteiger partial charge in [-0.05, 0) is 36.4 Å². The molecule has 2 aliphatic rings. The second-order valence-electron chi connectivity index (χ2n) is 7.07. The van der Waals surface area contributed by atoms with Gasteiger partial charge in [0, 0.05) is 27.8 Å². The SMILES string of the molecule is O=C1/C(=C/c2ccccc2F)Oc2cc(OCc3cc(Cl)cc4c3OCOC4)ccc21. The molecule has 0 spiro atoms. The Morgan fingerprint density at radius 2 is 2.00 bits per heavy atom. The average Bonchev–Trinajstić information content (AvgIpc) is 3.08. The highest BCUT2D eigenvalue weighted by molar-refractivity contribution is 6.30. The Morgan fingerprint density at radius 3 is 2.87 bits per heavy atom. The first-order valence-electron chi connectivity index (χ1n) is 9.56. The number of rotatable bonds is 4. The molecule has 0 unspecified atom stereocenters. The Labute approximate surface area is 182 Å².